The van der Waals surface area contributed by atoms with Crippen molar-refractivity contribution in [3.63, 3.8) is 0 Å². The molecule has 4 amide bonds. The van der Waals surface area contributed by atoms with Crippen molar-refractivity contribution in [1.29, 1.82) is 0 Å². The van der Waals surface area contributed by atoms with Gasteiger partial charge in [-0.2, -0.15) is 11.8 Å². The van der Waals surface area contributed by atoms with E-state index in [1.54, 1.807) is 6.26 Å². The zero-order chi connectivity index (χ0) is 28.7. The van der Waals surface area contributed by atoms with E-state index in [0.29, 0.717) is 37.1 Å². The van der Waals surface area contributed by atoms with Crippen molar-refractivity contribution in [3.8, 4) is 5.75 Å². The number of aromatic hydroxyl groups is 1. The molecule has 14 heteroatoms. The first kappa shape index (κ1) is 32.7. The molecule has 0 aliphatic rings. The van der Waals surface area contributed by atoms with E-state index in [2.05, 4.69) is 16.0 Å². The number of phenolic OH excluding ortho intramolecular Hbond substituents is 1. The quantitative estimate of drug-likeness (QED) is 0.0982. The smallest absolute Gasteiger partial charge is 0.326 e. The number of hydrogen-bond acceptors (Lipinski definition) is 9. The summed E-state index contributed by atoms with van der Waals surface area (Å²) < 4.78 is 0. The number of phenols is 1. The maximum Gasteiger partial charge on any atom is 0.326 e. The van der Waals surface area contributed by atoms with Crippen molar-refractivity contribution in [3.05, 3.63) is 29.8 Å². The number of primary amides is 1. The Morgan fingerprint density at radius 3 is 2.03 bits per heavy atom. The van der Waals surface area contributed by atoms with Gasteiger partial charge in [-0.3, -0.25) is 19.2 Å². The van der Waals surface area contributed by atoms with Crippen LogP contribution in [0, 0.1) is 0 Å². The molecular formula is C24H38N6O7S. The molecule has 0 aromatic heterocycles. The second kappa shape index (κ2) is 17.2. The Balaban J connectivity index is 3.10. The molecule has 11 N–H and O–H groups in total. The minimum absolute atomic E-state index is 0.00571. The van der Waals surface area contributed by atoms with Crippen LogP contribution in [0.1, 0.15) is 37.7 Å². The maximum atomic E-state index is 13.1. The van der Waals surface area contributed by atoms with Crippen LogP contribution in [0.2, 0.25) is 0 Å². The zero-order valence-electron chi connectivity index (χ0n) is 21.4. The first-order valence-corrected chi connectivity index (χ1v) is 13.5. The molecular weight excluding hydrogens is 516 g/mol. The molecule has 13 nitrogen and oxygen atoms in total. The van der Waals surface area contributed by atoms with Gasteiger partial charge in [-0.25, -0.2) is 4.79 Å². The summed E-state index contributed by atoms with van der Waals surface area (Å²) in [5.74, 6) is -3.96. The van der Waals surface area contributed by atoms with E-state index < -0.39 is 60.2 Å². The summed E-state index contributed by atoms with van der Waals surface area (Å²) in [6.07, 6.45) is 2.90. The SMILES string of the molecule is CSCCC(NC(=O)C(Cc1ccc(O)cc1)NC(=O)C(CC(N)=O)NC(=O)C(N)CCCCN)C(=O)O. The van der Waals surface area contributed by atoms with Gasteiger partial charge in [0.15, 0.2) is 0 Å². The lowest BCUT2D eigenvalue weighted by atomic mass is 10.0. The van der Waals surface area contributed by atoms with Crippen molar-refractivity contribution in [2.75, 3.05) is 18.6 Å². The number of hydrogen-bond donors (Lipinski definition) is 8. The van der Waals surface area contributed by atoms with Crippen LogP contribution in [0.15, 0.2) is 24.3 Å². The van der Waals surface area contributed by atoms with E-state index in [9.17, 15) is 34.2 Å². The fourth-order valence-electron chi connectivity index (χ4n) is 3.44. The van der Waals surface area contributed by atoms with Crippen LogP contribution in [-0.2, 0) is 30.4 Å². The van der Waals surface area contributed by atoms with Gasteiger partial charge in [-0.15, -0.1) is 0 Å². The van der Waals surface area contributed by atoms with Crippen LogP contribution in [0.4, 0.5) is 0 Å². The predicted octanol–water partition coefficient (Wildman–Crippen LogP) is -1.44. The lowest BCUT2D eigenvalue weighted by Gasteiger charge is -2.25. The van der Waals surface area contributed by atoms with Crippen LogP contribution >= 0.6 is 11.8 Å². The summed E-state index contributed by atoms with van der Waals surface area (Å²) in [6.45, 7) is 0.436. The highest BCUT2D eigenvalue weighted by atomic mass is 32.2. The molecule has 0 saturated heterocycles. The number of aliphatic carboxylic acids is 1. The Kier molecular flexibility index (Phi) is 14.8. The van der Waals surface area contributed by atoms with Crippen LogP contribution in [-0.4, -0.2) is 82.5 Å². The largest absolute Gasteiger partial charge is 0.508 e. The lowest BCUT2D eigenvalue weighted by molar-refractivity contribution is -0.142. The molecule has 1 aromatic carbocycles. The van der Waals surface area contributed by atoms with E-state index in [1.807, 2.05) is 0 Å². The van der Waals surface area contributed by atoms with Crippen LogP contribution < -0.4 is 33.2 Å². The third kappa shape index (κ3) is 12.3. The lowest BCUT2D eigenvalue weighted by Crippen LogP contribution is -2.58. The Bertz CT molecular complexity index is 947. The zero-order valence-corrected chi connectivity index (χ0v) is 22.2. The highest BCUT2D eigenvalue weighted by Gasteiger charge is 2.31. The number of thioether (sulfide) groups is 1. The Labute approximate surface area is 225 Å². The molecule has 0 radical (unpaired) electrons. The highest BCUT2D eigenvalue weighted by Crippen LogP contribution is 2.12. The number of rotatable bonds is 18. The van der Waals surface area contributed by atoms with Gasteiger partial charge in [-0.1, -0.05) is 18.6 Å². The fourth-order valence-corrected chi connectivity index (χ4v) is 3.92. The highest BCUT2D eigenvalue weighted by molar-refractivity contribution is 7.98. The van der Waals surface area contributed by atoms with Gasteiger partial charge in [0.1, 0.15) is 23.9 Å². The van der Waals surface area contributed by atoms with Gasteiger partial charge in [0.05, 0.1) is 12.5 Å². The van der Waals surface area contributed by atoms with Crippen LogP contribution in [0.5, 0.6) is 5.75 Å². The number of carboxylic acid groups (broad SMARTS) is 1. The molecule has 4 unspecified atom stereocenters. The molecule has 212 valence electrons. The van der Waals surface area contributed by atoms with Crippen molar-refractivity contribution < 1.29 is 34.2 Å². The second-order valence-corrected chi connectivity index (χ2v) is 9.72. The van der Waals surface area contributed by atoms with Gasteiger partial charge < -0.3 is 43.4 Å². The number of amides is 4. The van der Waals surface area contributed by atoms with E-state index >= 15 is 0 Å². The average Bonchev–Trinajstić information content (AvgIpc) is 2.86. The summed E-state index contributed by atoms with van der Waals surface area (Å²) >= 11 is 1.41. The number of carboxylic acids is 1. The summed E-state index contributed by atoms with van der Waals surface area (Å²) in [5, 5.41) is 26.4. The molecule has 0 spiro atoms. The van der Waals surface area contributed by atoms with Crippen LogP contribution in [0.25, 0.3) is 0 Å². The Morgan fingerprint density at radius 1 is 0.895 bits per heavy atom. The summed E-state index contributed by atoms with van der Waals surface area (Å²) in [4.78, 5) is 62.0. The molecule has 1 aromatic rings. The van der Waals surface area contributed by atoms with Crippen LogP contribution in [0.3, 0.4) is 0 Å². The Hall–Kier alpha value is -3.36. The standard InChI is InChI=1S/C24H38N6O7S/c1-38-11-9-17(24(36)37)28-22(34)18(12-14-5-7-15(31)8-6-14)30-23(35)19(13-20(27)32)29-21(33)16(26)4-2-3-10-25/h5-8,16-19,31H,2-4,9-13,25-26H2,1H3,(H2,27,32)(H,28,34)(H,29,33)(H,30,35)(H,36,37). The molecule has 0 fully saturated rings. The second-order valence-electron chi connectivity index (χ2n) is 8.74. The number of nitrogens with two attached hydrogens (primary N) is 3. The van der Waals surface area contributed by atoms with E-state index in [0.717, 1.165) is 0 Å². The van der Waals surface area contributed by atoms with Crippen molar-refractivity contribution in [1.82, 2.24) is 16.0 Å². The average molecular weight is 555 g/mol. The van der Waals surface area contributed by atoms with Crippen molar-refractivity contribution in [2.45, 2.75) is 62.7 Å². The van der Waals surface area contributed by atoms with E-state index in [4.69, 9.17) is 17.2 Å². The van der Waals surface area contributed by atoms with Gasteiger partial charge in [0, 0.05) is 6.42 Å². The number of carbonyl (C=O) groups is 5. The fraction of sp³-hybridized carbons (Fsp3) is 0.542. The van der Waals surface area contributed by atoms with Gasteiger partial charge in [-0.05, 0) is 55.5 Å². The Morgan fingerprint density at radius 2 is 1.47 bits per heavy atom. The number of benzene rings is 1. The minimum atomic E-state index is -1.41. The first-order chi connectivity index (χ1) is 18.0. The molecule has 0 heterocycles. The van der Waals surface area contributed by atoms with Crippen molar-refractivity contribution in [2.24, 2.45) is 17.2 Å². The van der Waals surface area contributed by atoms with Gasteiger partial charge in [0.25, 0.3) is 0 Å². The maximum absolute atomic E-state index is 13.1. The molecule has 1 rings (SSSR count). The number of carbonyl (C=O) groups excluding carboxylic acids is 4. The molecule has 4 atom stereocenters. The van der Waals surface area contributed by atoms with Gasteiger partial charge >= 0.3 is 5.97 Å². The predicted molar refractivity (Wildman–Crippen MR) is 143 cm³/mol. The molecule has 38 heavy (non-hydrogen) atoms. The molecule has 0 bridgehead atoms. The molecule has 0 saturated carbocycles. The topological polar surface area (TPSA) is 240 Å². The minimum Gasteiger partial charge on any atom is -0.508 e. The monoisotopic (exact) mass is 554 g/mol. The summed E-state index contributed by atoms with van der Waals surface area (Å²) in [7, 11) is 0. The first-order valence-electron chi connectivity index (χ1n) is 12.1. The number of unbranched alkanes of at least 4 members (excludes halogenated alkanes) is 1. The summed E-state index contributed by atoms with van der Waals surface area (Å²) in [6, 6.07) is 1.03. The van der Waals surface area contributed by atoms with E-state index in [1.165, 1.54) is 36.0 Å². The third-order valence-corrected chi connectivity index (χ3v) is 6.22. The third-order valence-electron chi connectivity index (χ3n) is 5.58. The summed E-state index contributed by atoms with van der Waals surface area (Å²) in [5.41, 5.74) is 17.1. The van der Waals surface area contributed by atoms with E-state index in [-0.39, 0.29) is 18.6 Å². The molecule has 0 aliphatic carbocycles. The van der Waals surface area contributed by atoms with Gasteiger partial charge in [0.2, 0.25) is 23.6 Å². The normalized spacial score (nSPS) is 14.0. The number of nitrogens with one attached hydrogen (secondary N) is 3. The molecule has 0 aliphatic heterocycles. The van der Waals surface area contributed by atoms with Crippen molar-refractivity contribution >= 4 is 41.4 Å².